The Bertz CT molecular complexity index is 1810. The Labute approximate surface area is 291 Å². The fourth-order valence-electron chi connectivity index (χ4n) is 4.93. The number of carbonyl (C=O) groups is 2. The molecule has 1 N–H and O–H groups in total. The Morgan fingerprint density at radius 1 is 0.851 bits per heavy atom. The first-order valence-electron chi connectivity index (χ1n) is 14.9. The summed E-state index contributed by atoms with van der Waals surface area (Å²) in [6, 6.07) is 24.1. The van der Waals surface area contributed by atoms with Gasteiger partial charge >= 0.3 is 0 Å². The van der Waals surface area contributed by atoms with E-state index in [1.54, 1.807) is 30.3 Å². The lowest BCUT2D eigenvalue weighted by molar-refractivity contribution is -0.140. The summed E-state index contributed by atoms with van der Waals surface area (Å²) in [5, 5.41) is 3.70. The highest BCUT2D eigenvalue weighted by molar-refractivity contribution is 7.92. The fraction of sp³-hybridized carbons (Fsp3) is 0.257. The summed E-state index contributed by atoms with van der Waals surface area (Å²) in [6.07, 6.45) is 0.869. The van der Waals surface area contributed by atoms with Crippen LogP contribution in [0.25, 0.3) is 0 Å². The van der Waals surface area contributed by atoms with Crippen LogP contribution in [0.3, 0.4) is 0 Å². The third-order valence-electron chi connectivity index (χ3n) is 7.47. The number of nitrogens with zero attached hydrogens (tertiary/aromatic N) is 2. The number of benzene rings is 4. The maximum atomic E-state index is 14.6. The van der Waals surface area contributed by atoms with Gasteiger partial charge in [-0.3, -0.25) is 13.9 Å². The molecule has 0 heterocycles. The number of carbonyl (C=O) groups excluding carboxylic acids is 2. The minimum absolute atomic E-state index is 0.0135. The third-order valence-corrected chi connectivity index (χ3v) is 10.3. The third kappa shape index (κ3) is 9.20. The van der Waals surface area contributed by atoms with E-state index in [1.165, 1.54) is 42.3 Å². The fourth-order valence-corrected chi connectivity index (χ4v) is 6.91. The van der Waals surface area contributed by atoms with E-state index in [4.69, 9.17) is 39.5 Å². The minimum atomic E-state index is -4.29. The highest BCUT2D eigenvalue weighted by atomic mass is 35.5. The van der Waals surface area contributed by atoms with Crippen LogP contribution in [0.5, 0.6) is 5.75 Å². The van der Waals surface area contributed by atoms with Crippen LogP contribution in [0.2, 0.25) is 15.1 Å². The highest BCUT2D eigenvalue weighted by Crippen LogP contribution is 2.32. The summed E-state index contributed by atoms with van der Waals surface area (Å²) in [7, 11) is -2.85. The van der Waals surface area contributed by atoms with Gasteiger partial charge in [0.05, 0.1) is 32.8 Å². The number of rotatable bonds is 14. The zero-order valence-electron chi connectivity index (χ0n) is 26.3. The van der Waals surface area contributed by atoms with E-state index in [0.717, 1.165) is 15.4 Å². The molecule has 0 fully saturated rings. The zero-order chi connectivity index (χ0) is 34.1. The topological polar surface area (TPSA) is 96.0 Å². The molecule has 1 atom stereocenters. The van der Waals surface area contributed by atoms with Gasteiger partial charge in [-0.1, -0.05) is 95.8 Å². The van der Waals surface area contributed by atoms with E-state index in [9.17, 15) is 18.0 Å². The lowest BCUT2D eigenvalue weighted by Crippen LogP contribution is -2.53. The first-order chi connectivity index (χ1) is 22.4. The number of nitrogens with one attached hydrogen (secondary N) is 1. The van der Waals surface area contributed by atoms with Gasteiger partial charge in [-0.15, -0.1) is 0 Å². The van der Waals surface area contributed by atoms with E-state index in [2.05, 4.69) is 5.32 Å². The summed E-state index contributed by atoms with van der Waals surface area (Å²) in [6.45, 7) is 3.50. The average Bonchev–Trinajstić information content (AvgIpc) is 3.06. The summed E-state index contributed by atoms with van der Waals surface area (Å²) in [5.41, 5.74) is 2.44. The highest BCUT2D eigenvalue weighted by Gasteiger charge is 2.35. The van der Waals surface area contributed by atoms with Gasteiger partial charge < -0.3 is 15.0 Å². The number of sulfonamides is 1. The van der Waals surface area contributed by atoms with Crippen LogP contribution >= 0.6 is 34.8 Å². The van der Waals surface area contributed by atoms with E-state index >= 15 is 0 Å². The van der Waals surface area contributed by atoms with Crippen LogP contribution in [0.4, 0.5) is 5.69 Å². The molecule has 0 aliphatic carbocycles. The van der Waals surface area contributed by atoms with Gasteiger partial charge in [-0.05, 0) is 66.9 Å². The molecular formula is C35H36Cl3N3O5S. The van der Waals surface area contributed by atoms with E-state index in [1.807, 2.05) is 44.2 Å². The molecular weight excluding hydrogens is 681 g/mol. The second kappa shape index (κ2) is 16.4. The molecule has 12 heteroatoms. The Hall–Kier alpha value is -3.76. The Balaban J connectivity index is 1.83. The summed E-state index contributed by atoms with van der Waals surface area (Å²) >= 11 is 18.9. The molecule has 0 aromatic heterocycles. The molecule has 0 bridgehead atoms. The number of ether oxygens (including phenoxy) is 1. The van der Waals surface area contributed by atoms with Gasteiger partial charge in [0, 0.05) is 19.5 Å². The van der Waals surface area contributed by atoms with Crippen LogP contribution in [0, 0.1) is 6.92 Å². The summed E-state index contributed by atoms with van der Waals surface area (Å²) in [5.74, 6) is -0.651. The zero-order valence-corrected chi connectivity index (χ0v) is 29.3. The second-order valence-electron chi connectivity index (χ2n) is 10.9. The van der Waals surface area contributed by atoms with Crippen molar-refractivity contribution in [2.45, 2.75) is 44.2 Å². The molecule has 47 heavy (non-hydrogen) atoms. The van der Waals surface area contributed by atoms with Gasteiger partial charge in [-0.2, -0.15) is 0 Å². The number of methoxy groups -OCH3 is 1. The quantitative estimate of drug-likeness (QED) is 0.148. The standard InChI is InChI=1S/C35H36Cl3N3O5S/c1-4-18-39-35(43)32(20-25-8-6-5-7-9-25)40(22-26-12-16-29(36)30(37)19-26)34(42)23-41(27-13-17-33(46-3)31(38)21-27)47(44,45)28-14-10-24(2)11-15-28/h5-17,19,21,32H,4,18,20,22-23H2,1-3H3,(H,39,43)/t32-/m1/s1. The molecule has 2 amide bonds. The Kier molecular flexibility index (Phi) is 12.6. The van der Waals surface area contributed by atoms with Crippen molar-refractivity contribution >= 4 is 62.3 Å². The van der Waals surface area contributed by atoms with Crippen LogP contribution in [0.1, 0.15) is 30.0 Å². The van der Waals surface area contributed by atoms with Gasteiger partial charge in [0.25, 0.3) is 10.0 Å². The van der Waals surface area contributed by atoms with Crippen molar-refractivity contribution in [1.29, 1.82) is 0 Å². The van der Waals surface area contributed by atoms with E-state index < -0.39 is 28.5 Å². The molecule has 0 saturated carbocycles. The normalized spacial score (nSPS) is 11.9. The number of hydrogen-bond donors (Lipinski definition) is 1. The molecule has 248 valence electrons. The first kappa shape index (κ1) is 36.1. The molecule has 0 unspecified atom stereocenters. The molecule has 0 aliphatic rings. The van der Waals surface area contributed by atoms with Crippen molar-refractivity contribution in [3.05, 3.63) is 123 Å². The predicted molar refractivity (Wildman–Crippen MR) is 188 cm³/mol. The van der Waals surface area contributed by atoms with Crippen LogP contribution in [-0.2, 0) is 32.6 Å². The lowest BCUT2D eigenvalue weighted by Gasteiger charge is -2.34. The SMILES string of the molecule is CCCNC(=O)[C@@H](Cc1ccccc1)N(Cc1ccc(Cl)c(Cl)c1)C(=O)CN(c1ccc(OC)c(Cl)c1)S(=O)(=O)c1ccc(C)cc1. The largest absolute Gasteiger partial charge is 0.495 e. The van der Waals surface area contributed by atoms with E-state index in [0.29, 0.717) is 29.3 Å². The van der Waals surface area contributed by atoms with E-state index in [-0.39, 0.29) is 39.5 Å². The molecule has 0 aliphatic heterocycles. The maximum Gasteiger partial charge on any atom is 0.264 e. The van der Waals surface area contributed by atoms with Gasteiger partial charge in [-0.25, -0.2) is 8.42 Å². The van der Waals surface area contributed by atoms with Crippen molar-refractivity contribution in [2.24, 2.45) is 0 Å². The van der Waals surface area contributed by atoms with Gasteiger partial charge in [0.2, 0.25) is 11.8 Å². The smallest absolute Gasteiger partial charge is 0.264 e. The Morgan fingerprint density at radius 3 is 2.17 bits per heavy atom. The minimum Gasteiger partial charge on any atom is -0.495 e. The summed E-state index contributed by atoms with van der Waals surface area (Å²) in [4.78, 5) is 29.7. The molecule has 0 spiro atoms. The first-order valence-corrected chi connectivity index (χ1v) is 17.5. The molecule has 8 nitrogen and oxygen atoms in total. The average molecular weight is 717 g/mol. The maximum absolute atomic E-state index is 14.6. The van der Waals surface area contributed by atoms with Crippen molar-refractivity contribution in [2.75, 3.05) is 24.5 Å². The van der Waals surface area contributed by atoms with Gasteiger partial charge in [0.1, 0.15) is 18.3 Å². The molecule has 4 aromatic rings. The number of hydrogen-bond acceptors (Lipinski definition) is 5. The van der Waals surface area contributed by atoms with Crippen molar-refractivity contribution in [3.63, 3.8) is 0 Å². The number of amides is 2. The van der Waals surface area contributed by atoms with Crippen molar-refractivity contribution in [3.8, 4) is 5.75 Å². The number of anilines is 1. The summed E-state index contributed by atoms with van der Waals surface area (Å²) < 4.78 is 34.7. The molecule has 4 aromatic carbocycles. The number of halogens is 3. The second-order valence-corrected chi connectivity index (χ2v) is 14.0. The molecule has 4 rings (SSSR count). The van der Waals surface area contributed by atoms with Crippen LogP contribution in [-0.4, -0.2) is 51.4 Å². The Morgan fingerprint density at radius 2 is 1.55 bits per heavy atom. The molecule has 0 radical (unpaired) electrons. The van der Waals surface area contributed by atoms with Crippen LogP contribution in [0.15, 0.2) is 95.9 Å². The number of aryl methyl sites for hydroxylation is 1. The van der Waals surface area contributed by atoms with Crippen molar-refractivity contribution in [1.82, 2.24) is 10.2 Å². The lowest BCUT2D eigenvalue weighted by atomic mass is 10.0. The van der Waals surface area contributed by atoms with Gasteiger partial charge in [0.15, 0.2) is 0 Å². The predicted octanol–water partition coefficient (Wildman–Crippen LogP) is 7.33. The van der Waals surface area contributed by atoms with Crippen LogP contribution < -0.4 is 14.4 Å². The monoisotopic (exact) mass is 715 g/mol. The van der Waals surface area contributed by atoms with Crippen molar-refractivity contribution < 1.29 is 22.7 Å². The molecule has 0 saturated heterocycles.